The molecule has 0 aromatic rings. The smallest absolute Gasteiger partial charge is 0.308 e. The molecule has 0 bridgehead atoms. The number of amides is 1. The van der Waals surface area contributed by atoms with Gasteiger partial charge < -0.3 is 14.7 Å². The number of aliphatic carboxylic acids is 1. The van der Waals surface area contributed by atoms with Crippen LogP contribution < -0.4 is 0 Å². The van der Waals surface area contributed by atoms with Crippen LogP contribution in [0.25, 0.3) is 0 Å². The van der Waals surface area contributed by atoms with E-state index in [0.29, 0.717) is 39.0 Å². The lowest BCUT2D eigenvalue weighted by molar-refractivity contribution is -0.149. The molecule has 1 amide bonds. The van der Waals surface area contributed by atoms with E-state index < -0.39 is 11.9 Å². The first-order valence-corrected chi connectivity index (χ1v) is 6.68. The van der Waals surface area contributed by atoms with Gasteiger partial charge in [-0.05, 0) is 33.1 Å². The summed E-state index contributed by atoms with van der Waals surface area (Å²) >= 11 is 0. The highest BCUT2D eigenvalue weighted by Crippen LogP contribution is 2.24. The number of ether oxygens (including phenoxy) is 1. The molecule has 1 N–H and O–H groups in total. The van der Waals surface area contributed by atoms with Crippen molar-refractivity contribution in [3.63, 3.8) is 0 Å². The molecule has 0 aromatic carbocycles. The van der Waals surface area contributed by atoms with Crippen LogP contribution in [0.15, 0.2) is 0 Å². The third kappa shape index (κ3) is 3.98. The molecule has 1 fully saturated rings. The zero-order chi connectivity index (χ0) is 13.5. The Hall–Kier alpha value is -1.10. The van der Waals surface area contributed by atoms with Crippen molar-refractivity contribution in [2.75, 3.05) is 19.8 Å². The maximum absolute atomic E-state index is 12.0. The second-order valence-corrected chi connectivity index (χ2v) is 4.72. The van der Waals surface area contributed by atoms with Crippen LogP contribution in [-0.2, 0) is 14.3 Å². The monoisotopic (exact) mass is 257 g/mol. The normalized spacial score (nSPS) is 24.0. The van der Waals surface area contributed by atoms with Crippen molar-refractivity contribution in [1.29, 1.82) is 0 Å². The molecule has 0 saturated carbocycles. The summed E-state index contributed by atoms with van der Waals surface area (Å²) in [7, 11) is 0. The van der Waals surface area contributed by atoms with Gasteiger partial charge in [0.05, 0.1) is 5.92 Å². The summed E-state index contributed by atoms with van der Waals surface area (Å²) in [6, 6.07) is -0.198. The first-order chi connectivity index (χ1) is 8.57. The maximum atomic E-state index is 12.0. The summed E-state index contributed by atoms with van der Waals surface area (Å²) in [5, 5.41) is 9.10. The Kier molecular flexibility index (Phi) is 6.12. The fourth-order valence-electron chi connectivity index (χ4n) is 2.44. The Balaban J connectivity index is 2.43. The van der Waals surface area contributed by atoms with Crippen LogP contribution in [0.4, 0.5) is 0 Å². The SMILES string of the molecule is CCOCCCC(=O)N1CCC[C@H](C(=O)O)[C@@H]1C. The summed E-state index contributed by atoms with van der Waals surface area (Å²) in [5.41, 5.74) is 0. The molecule has 2 atom stereocenters. The minimum atomic E-state index is -0.797. The van der Waals surface area contributed by atoms with Crippen LogP contribution in [0.1, 0.15) is 39.5 Å². The van der Waals surface area contributed by atoms with Gasteiger partial charge in [0.15, 0.2) is 0 Å². The van der Waals surface area contributed by atoms with Gasteiger partial charge in [0.2, 0.25) is 5.91 Å². The molecule has 104 valence electrons. The quantitative estimate of drug-likeness (QED) is 0.732. The highest BCUT2D eigenvalue weighted by atomic mass is 16.5. The van der Waals surface area contributed by atoms with Crippen LogP contribution in [0, 0.1) is 5.92 Å². The lowest BCUT2D eigenvalue weighted by atomic mass is 9.90. The number of hydrogen-bond donors (Lipinski definition) is 1. The molecular formula is C13H23NO4. The highest BCUT2D eigenvalue weighted by molar-refractivity contribution is 5.78. The molecule has 5 heteroatoms. The molecule has 18 heavy (non-hydrogen) atoms. The van der Waals surface area contributed by atoms with Gasteiger partial charge >= 0.3 is 5.97 Å². The first kappa shape index (κ1) is 15.0. The summed E-state index contributed by atoms with van der Waals surface area (Å²) in [6.45, 7) is 5.69. The van der Waals surface area contributed by atoms with E-state index in [-0.39, 0.29) is 11.9 Å². The molecular weight excluding hydrogens is 234 g/mol. The summed E-state index contributed by atoms with van der Waals surface area (Å²) in [4.78, 5) is 24.8. The third-order valence-corrected chi connectivity index (χ3v) is 3.51. The van der Waals surface area contributed by atoms with Crippen LogP contribution in [0.5, 0.6) is 0 Å². The summed E-state index contributed by atoms with van der Waals surface area (Å²) in [5.74, 6) is -1.17. The molecule has 1 saturated heterocycles. The fourth-order valence-corrected chi connectivity index (χ4v) is 2.44. The number of carbonyl (C=O) groups is 2. The number of carbonyl (C=O) groups excluding carboxylic acids is 1. The van der Waals surface area contributed by atoms with Crippen molar-refractivity contribution in [1.82, 2.24) is 4.90 Å². The second-order valence-electron chi connectivity index (χ2n) is 4.72. The molecule has 5 nitrogen and oxygen atoms in total. The van der Waals surface area contributed by atoms with E-state index >= 15 is 0 Å². The van der Waals surface area contributed by atoms with Crippen molar-refractivity contribution < 1.29 is 19.4 Å². The number of piperidine rings is 1. The number of likely N-dealkylation sites (tertiary alicyclic amines) is 1. The van der Waals surface area contributed by atoms with Gasteiger partial charge in [-0.15, -0.1) is 0 Å². The summed E-state index contributed by atoms with van der Waals surface area (Å²) < 4.78 is 5.19. The second kappa shape index (κ2) is 7.36. The van der Waals surface area contributed by atoms with E-state index in [1.807, 2.05) is 13.8 Å². The Morgan fingerprint density at radius 2 is 2.17 bits per heavy atom. The standard InChI is InChI=1S/C13H23NO4/c1-3-18-9-5-7-12(15)14-8-4-6-11(10(14)2)13(16)17/h10-11H,3-9H2,1-2H3,(H,16,17)/t10-,11-/m0/s1. The minimum Gasteiger partial charge on any atom is -0.481 e. The van der Waals surface area contributed by atoms with E-state index in [4.69, 9.17) is 9.84 Å². The molecule has 0 aromatic heterocycles. The van der Waals surface area contributed by atoms with E-state index in [0.717, 1.165) is 6.42 Å². The average molecular weight is 257 g/mol. The predicted molar refractivity (Wildman–Crippen MR) is 67.3 cm³/mol. The fraction of sp³-hybridized carbons (Fsp3) is 0.846. The van der Waals surface area contributed by atoms with Gasteiger partial charge in [0.25, 0.3) is 0 Å². The van der Waals surface area contributed by atoms with E-state index in [9.17, 15) is 9.59 Å². The minimum absolute atomic E-state index is 0.0492. The largest absolute Gasteiger partial charge is 0.481 e. The van der Waals surface area contributed by atoms with Gasteiger partial charge in [0.1, 0.15) is 0 Å². The van der Waals surface area contributed by atoms with Crippen LogP contribution >= 0.6 is 0 Å². The lowest BCUT2D eigenvalue weighted by Gasteiger charge is -2.37. The third-order valence-electron chi connectivity index (χ3n) is 3.51. The van der Waals surface area contributed by atoms with Crippen molar-refractivity contribution >= 4 is 11.9 Å². The number of carboxylic acid groups (broad SMARTS) is 1. The molecule has 1 rings (SSSR count). The highest BCUT2D eigenvalue weighted by Gasteiger charge is 2.34. The van der Waals surface area contributed by atoms with Crippen LogP contribution in [0.2, 0.25) is 0 Å². The Morgan fingerprint density at radius 1 is 1.44 bits per heavy atom. The molecule has 1 heterocycles. The predicted octanol–water partition coefficient (Wildman–Crippen LogP) is 1.51. The van der Waals surface area contributed by atoms with Gasteiger partial charge in [-0.1, -0.05) is 0 Å². The number of hydrogen-bond acceptors (Lipinski definition) is 3. The maximum Gasteiger partial charge on any atom is 0.308 e. The van der Waals surface area contributed by atoms with Crippen molar-refractivity contribution in [2.24, 2.45) is 5.92 Å². The Bertz CT molecular complexity index is 293. The van der Waals surface area contributed by atoms with Gasteiger partial charge in [-0.3, -0.25) is 9.59 Å². The first-order valence-electron chi connectivity index (χ1n) is 6.68. The molecule has 1 aliphatic rings. The topological polar surface area (TPSA) is 66.8 Å². The molecule has 0 spiro atoms. The van der Waals surface area contributed by atoms with E-state index in [1.165, 1.54) is 0 Å². The Morgan fingerprint density at radius 3 is 2.78 bits per heavy atom. The van der Waals surface area contributed by atoms with Gasteiger partial charge in [-0.2, -0.15) is 0 Å². The van der Waals surface area contributed by atoms with Gasteiger partial charge in [-0.25, -0.2) is 0 Å². The molecule has 0 radical (unpaired) electrons. The van der Waals surface area contributed by atoms with Crippen molar-refractivity contribution in [3.8, 4) is 0 Å². The molecule has 0 aliphatic carbocycles. The molecule has 1 aliphatic heterocycles. The Labute approximate surface area is 108 Å². The number of nitrogens with zero attached hydrogens (tertiary/aromatic N) is 1. The lowest BCUT2D eigenvalue weighted by Crippen LogP contribution is -2.49. The zero-order valence-electron chi connectivity index (χ0n) is 11.2. The number of carboxylic acids is 1. The van der Waals surface area contributed by atoms with Crippen molar-refractivity contribution in [2.45, 2.75) is 45.6 Å². The summed E-state index contributed by atoms with van der Waals surface area (Å²) in [6.07, 6.45) is 2.59. The average Bonchev–Trinajstić information content (AvgIpc) is 2.34. The van der Waals surface area contributed by atoms with E-state index in [1.54, 1.807) is 4.90 Å². The van der Waals surface area contributed by atoms with Crippen molar-refractivity contribution in [3.05, 3.63) is 0 Å². The number of rotatable bonds is 6. The zero-order valence-corrected chi connectivity index (χ0v) is 11.2. The van der Waals surface area contributed by atoms with Crippen LogP contribution in [-0.4, -0.2) is 47.7 Å². The van der Waals surface area contributed by atoms with Gasteiger partial charge in [0, 0.05) is 32.2 Å². The van der Waals surface area contributed by atoms with E-state index in [2.05, 4.69) is 0 Å². The van der Waals surface area contributed by atoms with Crippen LogP contribution in [0.3, 0.4) is 0 Å². The molecule has 0 unspecified atom stereocenters.